The fourth-order valence-corrected chi connectivity index (χ4v) is 2.22. The third kappa shape index (κ3) is 3.30. The highest BCUT2D eigenvalue weighted by Gasteiger charge is 2.15. The van der Waals surface area contributed by atoms with Gasteiger partial charge in [0, 0.05) is 0 Å². The van der Waals surface area contributed by atoms with E-state index < -0.39 is 10.1 Å². The molecule has 1 aromatic carbocycles. The van der Waals surface area contributed by atoms with Crippen molar-refractivity contribution >= 4 is 10.1 Å². The van der Waals surface area contributed by atoms with Gasteiger partial charge in [0.2, 0.25) is 0 Å². The number of benzene rings is 1. The summed E-state index contributed by atoms with van der Waals surface area (Å²) in [5.74, 6) is 0. The first-order chi connectivity index (χ1) is 7.47. The summed E-state index contributed by atoms with van der Waals surface area (Å²) < 4.78 is 28.3. The second-order valence-electron chi connectivity index (χ2n) is 3.66. The Labute approximate surface area is 96.5 Å². The van der Waals surface area contributed by atoms with E-state index in [4.69, 9.17) is 9.92 Å². The van der Waals surface area contributed by atoms with E-state index in [0.29, 0.717) is 13.0 Å². The number of aryl methyl sites for hydroxylation is 2. The molecule has 0 atom stereocenters. The van der Waals surface area contributed by atoms with Crippen molar-refractivity contribution in [2.24, 2.45) is 5.73 Å². The standard InChI is InChI=1S/C11H17NO3S/c1-9-4-5-11(8-10(9)2)16(13,14)15-7-3-6-12/h4-5,8H,3,6-7,12H2,1-2H3. The second-order valence-corrected chi connectivity index (χ2v) is 5.28. The molecule has 1 aromatic rings. The van der Waals surface area contributed by atoms with Crippen molar-refractivity contribution < 1.29 is 12.6 Å². The monoisotopic (exact) mass is 243 g/mol. The Morgan fingerprint density at radius 2 is 1.94 bits per heavy atom. The summed E-state index contributed by atoms with van der Waals surface area (Å²) in [7, 11) is -3.63. The Balaban J connectivity index is 2.86. The maximum atomic E-state index is 11.7. The Bertz CT molecular complexity index is 454. The minimum absolute atomic E-state index is 0.131. The SMILES string of the molecule is Cc1ccc(S(=O)(=O)OCCCN)cc1C. The number of rotatable bonds is 5. The molecule has 1 rings (SSSR count). The third-order valence-corrected chi connectivity index (χ3v) is 3.66. The van der Waals surface area contributed by atoms with Crippen LogP contribution in [0.5, 0.6) is 0 Å². The molecule has 0 fully saturated rings. The zero-order valence-electron chi connectivity index (χ0n) is 9.56. The van der Waals surface area contributed by atoms with E-state index in [2.05, 4.69) is 0 Å². The normalized spacial score (nSPS) is 11.7. The fraction of sp³-hybridized carbons (Fsp3) is 0.455. The molecule has 0 spiro atoms. The summed E-state index contributed by atoms with van der Waals surface area (Å²) >= 11 is 0. The largest absolute Gasteiger partial charge is 0.330 e. The molecule has 0 bridgehead atoms. The molecule has 0 radical (unpaired) electrons. The molecular formula is C11H17NO3S. The van der Waals surface area contributed by atoms with Crippen LogP contribution in [0.4, 0.5) is 0 Å². The van der Waals surface area contributed by atoms with Crippen LogP contribution in [0.1, 0.15) is 17.5 Å². The molecular weight excluding hydrogens is 226 g/mol. The molecule has 16 heavy (non-hydrogen) atoms. The van der Waals surface area contributed by atoms with Crippen molar-refractivity contribution in [3.05, 3.63) is 29.3 Å². The summed E-state index contributed by atoms with van der Waals surface area (Å²) in [4.78, 5) is 0.202. The molecule has 0 aliphatic carbocycles. The maximum absolute atomic E-state index is 11.7. The molecule has 0 heterocycles. The number of hydrogen-bond acceptors (Lipinski definition) is 4. The van der Waals surface area contributed by atoms with Gasteiger partial charge in [-0.05, 0) is 50.1 Å². The number of nitrogens with two attached hydrogens (primary N) is 1. The molecule has 0 aromatic heterocycles. The van der Waals surface area contributed by atoms with Crippen LogP contribution in [0.25, 0.3) is 0 Å². The molecule has 0 aliphatic rings. The molecule has 4 nitrogen and oxygen atoms in total. The van der Waals surface area contributed by atoms with Gasteiger partial charge in [0.1, 0.15) is 0 Å². The van der Waals surface area contributed by atoms with E-state index in [1.165, 1.54) is 0 Å². The zero-order valence-corrected chi connectivity index (χ0v) is 10.4. The van der Waals surface area contributed by atoms with Gasteiger partial charge in [-0.2, -0.15) is 8.42 Å². The van der Waals surface area contributed by atoms with Crippen LogP contribution in [0.3, 0.4) is 0 Å². The topological polar surface area (TPSA) is 69.4 Å². The second kappa shape index (κ2) is 5.43. The minimum Gasteiger partial charge on any atom is -0.330 e. The predicted octanol–water partition coefficient (Wildman–Crippen LogP) is 1.36. The lowest BCUT2D eigenvalue weighted by atomic mass is 10.1. The van der Waals surface area contributed by atoms with Gasteiger partial charge >= 0.3 is 0 Å². The molecule has 5 heteroatoms. The highest BCUT2D eigenvalue weighted by atomic mass is 32.2. The lowest BCUT2D eigenvalue weighted by molar-refractivity contribution is 0.314. The third-order valence-electron chi connectivity index (χ3n) is 2.35. The first kappa shape index (κ1) is 13.2. The first-order valence-corrected chi connectivity index (χ1v) is 6.55. The highest BCUT2D eigenvalue weighted by Crippen LogP contribution is 2.16. The lowest BCUT2D eigenvalue weighted by Crippen LogP contribution is -2.11. The van der Waals surface area contributed by atoms with Gasteiger partial charge in [0.15, 0.2) is 0 Å². The van der Waals surface area contributed by atoms with Crippen LogP contribution in [0.15, 0.2) is 23.1 Å². The van der Waals surface area contributed by atoms with E-state index in [1.54, 1.807) is 18.2 Å². The van der Waals surface area contributed by atoms with E-state index in [9.17, 15) is 8.42 Å². The molecule has 0 aliphatic heterocycles. The smallest absolute Gasteiger partial charge is 0.296 e. The van der Waals surface area contributed by atoms with Crippen LogP contribution in [0, 0.1) is 13.8 Å². The van der Waals surface area contributed by atoms with E-state index >= 15 is 0 Å². The lowest BCUT2D eigenvalue weighted by Gasteiger charge is -2.07. The van der Waals surface area contributed by atoms with Gasteiger partial charge in [-0.1, -0.05) is 6.07 Å². The molecule has 0 amide bonds. The Morgan fingerprint density at radius 1 is 1.25 bits per heavy atom. The van der Waals surface area contributed by atoms with Crippen molar-refractivity contribution in [2.75, 3.05) is 13.2 Å². The van der Waals surface area contributed by atoms with Crippen LogP contribution in [0.2, 0.25) is 0 Å². The van der Waals surface area contributed by atoms with Crippen molar-refractivity contribution in [1.82, 2.24) is 0 Å². The van der Waals surface area contributed by atoms with E-state index in [-0.39, 0.29) is 11.5 Å². The van der Waals surface area contributed by atoms with Gasteiger partial charge in [-0.25, -0.2) is 0 Å². The van der Waals surface area contributed by atoms with E-state index in [0.717, 1.165) is 11.1 Å². The van der Waals surface area contributed by atoms with Gasteiger partial charge < -0.3 is 5.73 Å². The molecule has 0 unspecified atom stereocenters. The van der Waals surface area contributed by atoms with Gasteiger partial charge in [0.25, 0.3) is 10.1 Å². The summed E-state index contributed by atoms with van der Waals surface area (Å²) in [6, 6.07) is 4.95. The van der Waals surface area contributed by atoms with E-state index in [1.807, 2.05) is 13.8 Å². The van der Waals surface area contributed by atoms with Gasteiger partial charge in [-0.3, -0.25) is 4.18 Å². The van der Waals surface area contributed by atoms with Crippen LogP contribution in [-0.4, -0.2) is 21.6 Å². The predicted molar refractivity (Wildman–Crippen MR) is 62.7 cm³/mol. The van der Waals surface area contributed by atoms with Gasteiger partial charge in [0.05, 0.1) is 11.5 Å². The van der Waals surface area contributed by atoms with Crippen LogP contribution in [-0.2, 0) is 14.3 Å². The molecule has 90 valence electrons. The Morgan fingerprint density at radius 3 is 2.50 bits per heavy atom. The highest BCUT2D eigenvalue weighted by molar-refractivity contribution is 7.86. The van der Waals surface area contributed by atoms with Gasteiger partial charge in [-0.15, -0.1) is 0 Å². The fourth-order valence-electron chi connectivity index (χ4n) is 1.19. The molecule has 2 N–H and O–H groups in total. The Hall–Kier alpha value is -0.910. The van der Waals surface area contributed by atoms with Crippen molar-refractivity contribution in [3.63, 3.8) is 0 Å². The summed E-state index contributed by atoms with van der Waals surface area (Å²) in [6.07, 6.45) is 0.532. The number of hydrogen-bond donors (Lipinski definition) is 1. The van der Waals surface area contributed by atoms with Crippen molar-refractivity contribution in [3.8, 4) is 0 Å². The summed E-state index contributed by atoms with van der Waals surface area (Å²) in [5, 5.41) is 0. The van der Waals surface area contributed by atoms with Crippen LogP contribution >= 0.6 is 0 Å². The molecule has 0 saturated heterocycles. The average Bonchev–Trinajstić information content (AvgIpc) is 2.22. The molecule has 0 saturated carbocycles. The average molecular weight is 243 g/mol. The Kier molecular flexibility index (Phi) is 4.46. The quantitative estimate of drug-likeness (QED) is 0.626. The maximum Gasteiger partial charge on any atom is 0.296 e. The van der Waals surface area contributed by atoms with Crippen molar-refractivity contribution in [2.45, 2.75) is 25.2 Å². The zero-order chi connectivity index (χ0) is 12.2. The van der Waals surface area contributed by atoms with Crippen molar-refractivity contribution in [1.29, 1.82) is 0 Å². The van der Waals surface area contributed by atoms with Crippen LogP contribution < -0.4 is 5.73 Å². The summed E-state index contributed by atoms with van der Waals surface area (Å²) in [6.45, 7) is 4.35. The minimum atomic E-state index is -3.63. The summed E-state index contributed by atoms with van der Waals surface area (Å²) in [5.41, 5.74) is 7.26. The first-order valence-electron chi connectivity index (χ1n) is 5.14.